The summed E-state index contributed by atoms with van der Waals surface area (Å²) in [5, 5.41) is 0. The van der Waals surface area contributed by atoms with Gasteiger partial charge in [0.25, 0.3) is 0 Å². The molecule has 0 spiro atoms. The van der Waals surface area contributed by atoms with Crippen LogP contribution in [-0.4, -0.2) is 51.8 Å². The molecule has 0 amide bonds. The van der Waals surface area contributed by atoms with Gasteiger partial charge in [0.2, 0.25) is 0 Å². The maximum Gasteiger partial charge on any atom is 0.0780 e. The molecule has 2 atom stereocenters. The van der Waals surface area contributed by atoms with E-state index in [1.165, 1.54) is 0 Å². The molecule has 0 aromatic heterocycles. The normalized spacial score (nSPS) is 14.7. The predicted molar refractivity (Wildman–Crippen MR) is 91.4 cm³/mol. The third kappa shape index (κ3) is 16.2. The molecule has 0 fully saturated rings. The number of rotatable bonds is 15. The van der Waals surface area contributed by atoms with E-state index in [-0.39, 0.29) is 12.2 Å². The highest BCUT2D eigenvalue weighted by Gasteiger charge is 2.05. The van der Waals surface area contributed by atoms with Crippen LogP contribution in [0.3, 0.4) is 0 Å². The van der Waals surface area contributed by atoms with Crippen LogP contribution in [0.25, 0.3) is 0 Å². The van der Waals surface area contributed by atoms with E-state index in [4.69, 9.17) is 18.9 Å². The highest BCUT2D eigenvalue weighted by Crippen LogP contribution is 2.01. The Morgan fingerprint density at radius 3 is 1.23 bits per heavy atom. The van der Waals surface area contributed by atoms with E-state index in [1.807, 2.05) is 0 Å². The van der Waals surface area contributed by atoms with Crippen LogP contribution in [0.4, 0.5) is 0 Å². The Bertz CT molecular complexity index is 207. The quantitative estimate of drug-likeness (QED) is 0.429. The Kier molecular flexibility index (Phi) is 14.3. The van der Waals surface area contributed by atoms with Crippen molar-refractivity contribution < 1.29 is 18.9 Å². The van der Waals surface area contributed by atoms with Crippen LogP contribution in [-0.2, 0) is 18.9 Å². The number of hydrogen-bond acceptors (Lipinski definition) is 4. The monoisotopic (exact) mass is 318 g/mol. The van der Waals surface area contributed by atoms with Crippen molar-refractivity contribution in [3.63, 3.8) is 0 Å². The Balaban J connectivity index is 3.26. The van der Waals surface area contributed by atoms with Crippen LogP contribution in [0.2, 0.25) is 0 Å². The van der Waals surface area contributed by atoms with Crippen molar-refractivity contribution in [3.05, 3.63) is 0 Å². The molecule has 0 saturated carbocycles. The second kappa shape index (κ2) is 14.4. The van der Waals surface area contributed by atoms with E-state index in [0.717, 1.165) is 39.3 Å². The van der Waals surface area contributed by atoms with Gasteiger partial charge in [0.1, 0.15) is 0 Å². The van der Waals surface area contributed by atoms with Gasteiger partial charge in [-0.1, -0.05) is 27.7 Å². The van der Waals surface area contributed by atoms with Crippen LogP contribution < -0.4 is 0 Å². The minimum Gasteiger partial charge on any atom is -0.379 e. The van der Waals surface area contributed by atoms with E-state index >= 15 is 0 Å². The standard InChI is InChI=1S/C18H38O4/c1-15(2)11-21-17(5)13-19-9-7-8-10-20-14-18(6)22-12-16(3)4/h15-18H,7-14H2,1-6H3. The van der Waals surface area contributed by atoms with Gasteiger partial charge in [0.15, 0.2) is 0 Å². The first kappa shape index (κ1) is 21.8. The zero-order chi connectivity index (χ0) is 16.8. The van der Waals surface area contributed by atoms with Gasteiger partial charge in [-0.2, -0.15) is 0 Å². The van der Waals surface area contributed by atoms with E-state index in [1.54, 1.807) is 0 Å². The van der Waals surface area contributed by atoms with Crippen molar-refractivity contribution in [3.8, 4) is 0 Å². The second-order valence-corrected chi connectivity index (χ2v) is 6.93. The molecular formula is C18H38O4. The van der Waals surface area contributed by atoms with Crippen LogP contribution in [0.1, 0.15) is 54.4 Å². The van der Waals surface area contributed by atoms with Crippen molar-refractivity contribution in [2.45, 2.75) is 66.6 Å². The fourth-order valence-electron chi connectivity index (χ4n) is 1.72. The van der Waals surface area contributed by atoms with Crippen LogP contribution in [0, 0.1) is 11.8 Å². The van der Waals surface area contributed by atoms with Crippen molar-refractivity contribution >= 4 is 0 Å². The second-order valence-electron chi connectivity index (χ2n) is 6.93. The molecule has 0 saturated heterocycles. The lowest BCUT2D eigenvalue weighted by atomic mass is 10.2. The summed E-state index contributed by atoms with van der Waals surface area (Å²) in [6.45, 7) is 17.2. The molecule has 0 aliphatic heterocycles. The minimum absolute atomic E-state index is 0.178. The van der Waals surface area contributed by atoms with Gasteiger partial charge in [0.05, 0.1) is 25.4 Å². The van der Waals surface area contributed by atoms with Gasteiger partial charge in [0, 0.05) is 26.4 Å². The fraction of sp³-hybridized carbons (Fsp3) is 1.00. The lowest BCUT2D eigenvalue weighted by Gasteiger charge is -2.15. The van der Waals surface area contributed by atoms with Crippen LogP contribution in [0.5, 0.6) is 0 Å². The van der Waals surface area contributed by atoms with Crippen LogP contribution in [0.15, 0.2) is 0 Å². The fourth-order valence-corrected chi connectivity index (χ4v) is 1.72. The first-order valence-electron chi connectivity index (χ1n) is 8.80. The topological polar surface area (TPSA) is 36.9 Å². The molecule has 0 N–H and O–H groups in total. The molecular weight excluding hydrogens is 280 g/mol. The highest BCUT2D eigenvalue weighted by molar-refractivity contribution is 4.51. The average molecular weight is 318 g/mol. The molecule has 0 aromatic carbocycles. The molecule has 2 unspecified atom stereocenters. The summed E-state index contributed by atoms with van der Waals surface area (Å²) < 4.78 is 22.5. The van der Waals surface area contributed by atoms with Gasteiger partial charge < -0.3 is 18.9 Å². The SMILES string of the molecule is CC(C)COC(C)COCCCCOCC(C)OCC(C)C. The van der Waals surface area contributed by atoms with Crippen molar-refractivity contribution in [2.75, 3.05) is 39.6 Å². The average Bonchev–Trinajstić information content (AvgIpc) is 2.45. The summed E-state index contributed by atoms with van der Waals surface area (Å²) in [6, 6.07) is 0. The van der Waals surface area contributed by atoms with E-state index in [2.05, 4.69) is 41.5 Å². The molecule has 0 heterocycles. The van der Waals surface area contributed by atoms with E-state index in [0.29, 0.717) is 25.0 Å². The summed E-state index contributed by atoms with van der Waals surface area (Å²) in [5.41, 5.74) is 0. The third-order valence-corrected chi connectivity index (χ3v) is 2.96. The van der Waals surface area contributed by atoms with E-state index in [9.17, 15) is 0 Å². The molecule has 4 nitrogen and oxygen atoms in total. The van der Waals surface area contributed by atoms with Crippen molar-refractivity contribution in [1.82, 2.24) is 0 Å². The molecule has 0 bridgehead atoms. The summed E-state index contributed by atoms with van der Waals surface area (Å²) in [4.78, 5) is 0. The molecule has 0 rings (SSSR count). The summed E-state index contributed by atoms with van der Waals surface area (Å²) in [5.74, 6) is 1.15. The highest BCUT2D eigenvalue weighted by atomic mass is 16.5. The summed E-state index contributed by atoms with van der Waals surface area (Å²) in [6.07, 6.45) is 2.41. The Hall–Kier alpha value is -0.160. The Morgan fingerprint density at radius 2 is 0.909 bits per heavy atom. The Labute approximate surface area is 137 Å². The van der Waals surface area contributed by atoms with Gasteiger partial charge in [-0.05, 0) is 38.5 Å². The maximum absolute atomic E-state index is 5.65. The smallest absolute Gasteiger partial charge is 0.0780 e. The number of ether oxygens (including phenoxy) is 4. The zero-order valence-corrected chi connectivity index (χ0v) is 15.6. The first-order chi connectivity index (χ1) is 10.4. The zero-order valence-electron chi connectivity index (χ0n) is 15.6. The van der Waals surface area contributed by atoms with Gasteiger partial charge in [-0.25, -0.2) is 0 Å². The van der Waals surface area contributed by atoms with Crippen molar-refractivity contribution in [1.29, 1.82) is 0 Å². The summed E-state index contributed by atoms with van der Waals surface area (Å²) >= 11 is 0. The maximum atomic E-state index is 5.65. The Morgan fingerprint density at radius 1 is 0.545 bits per heavy atom. The molecule has 0 radical (unpaired) electrons. The van der Waals surface area contributed by atoms with Gasteiger partial charge in [-0.15, -0.1) is 0 Å². The molecule has 0 aliphatic carbocycles. The lowest BCUT2D eigenvalue weighted by molar-refractivity contribution is -0.0242. The van der Waals surface area contributed by atoms with Gasteiger partial charge in [-0.3, -0.25) is 0 Å². The van der Waals surface area contributed by atoms with E-state index < -0.39 is 0 Å². The molecule has 0 aromatic rings. The number of hydrogen-bond donors (Lipinski definition) is 0. The molecule has 134 valence electrons. The number of unbranched alkanes of at least 4 members (excludes halogenated alkanes) is 1. The first-order valence-corrected chi connectivity index (χ1v) is 8.80. The molecule has 4 heteroatoms. The lowest BCUT2D eigenvalue weighted by Crippen LogP contribution is -2.19. The minimum atomic E-state index is 0.178. The third-order valence-electron chi connectivity index (χ3n) is 2.96. The molecule has 22 heavy (non-hydrogen) atoms. The summed E-state index contributed by atoms with van der Waals surface area (Å²) in [7, 11) is 0. The largest absolute Gasteiger partial charge is 0.379 e. The van der Waals surface area contributed by atoms with Gasteiger partial charge >= 0.3 is 0 Å². The van der Waals surface area contributed by atoms with Crippen LogP contribution >= 0.6 is 0 Å². The van der Waals surface area contributed by atoms with Crippen molar-refractivity contribution in [2.24, 2.45) is 11.8 Å². The molecule has 0 aliphatic rings. The predicted octanol–water partition coefficient (Wildman–Crippen LogP) is 3.92.